The first kappa shape index (κ1) is 19.7. The third kappa shape index (κ3) is 6.32. The number of nitrogens with one attached hydrogen (secondary N) is 1. The number of rotatable bonds is 7. The van der Waals surface area contributed by atoms with Gasteiger partial charge in [-0.05, 0) is 47.6 Å². The van der Waals surface area contributed by atoms with Crippen molar-refractivity contribution in [2.24, 2.45) is 0 Å². The molecule has 1 N–H and O–H groups in total. The summed E-state index contributed by atoms with van der Waals surface area (Å²) in [6, 6.07) is 6.86. The van der Waals surface area contributed by atoms with Gasteiger partial charge in [-0.2, -0.15) is 11.3 Å². The first-order valence-corrected chi connectivity index (χ1v) is 9.23. The fourth-order valence-corrected chi connectivity index (χ4v) is 3.13. The van der Waals surface area contributed by atoms with Gasteiger partial charge in [0.05, 0.1) is 23.1 Å². The summed E-state index contributed by atoms with van der Waals surface area (Å²) in [6.07, 6.45) is 0. The van der Waals surface area contributed by atoms with E-state index in [-0.39, 0.29) is 24.9 Å². The molecule has 0 saturated heterocycles. The van der Waals surface area contributed by atoms with Gasteiger partial charge in [-0.3, -0.25) is 14.5 Å². The molecule has 134 valence electrons. The molecule has 0 unspecified atom stereocenters. The fraction of sp³-hybridized carbons (Fsp3) is 0.294. The van der Waals surface area contributed by atoms with Gasteiger partial charge in [0, 0.05) is 19.3 Å². The SMILES string of the molecule is CN(CC(=O)Nc1ccc(Cl)c(Cl)c1)CC(=O)N(C)Cc1ccsc1. The Hall–Kier alpha value is -1.60. The van der Waals surface area contributed by atoms with Crippen molar-refractivity contribution in [2.45, 2.75) is 6.54 Å². The molecule has 8 heteroatoms. The Morgan fingerprint density at radius 1 is 1.12 bits per heavy atom. The minimum Gasteiger partial charge on any atom is -0.340 e. The van der Waals surface area contributed by atoms with Gasteiger partial charge in [0.15, 0.2) is 0 Å². The second kappa shape index (κ2) is 9.20. The van der Waals surface area contributed by atoms with Crippen LogP contribution in [-0.4, -0.2) is 48.8 Å². The maximum atomic E-state index is 12.2. The van der Waals surface area contributed by atoms with Crippen LogP contribution in [0.2, 0.25) is 10.0 Å². The molecule has 2 rings (SSSR count). The molecule has 0 atom stereocenters. The van der Waals surface area contributed by atoms with Crippen LogP contribution < -0.4 is 5.32 Å². The first-order chi connectivity index (χ1) is 11.8. The molecule has 0 spiro atoms. The van der Waals surface area contributed by atoms with Crippen LogP contribution in [0.15, 0.2) is 35.0 Å². The Morgan fingerprint density at radius 3 is 2.52 bits per heavy atom. The number of halogens is 2. The molecule has 1 aromatic carbocycles. The summed E-state index contributed by atoms with van der Waals surface area (Å²) in [4.78, 5) is 27.6. The summed E-state index contributed by atoms with van der Waals surface area (Å²) in [6.45, 7) is 0.819. The lowest BCUT2D eigenvalue weighted by atomic mass is 10.3. The summed E-state index contributed by atoms with van der Waals surface area (Å²) in [5.41, 5.74) is 1.66. The highest BCUT2D eigenvalue weighted by Gasteiger charge is 2.15. The van der Waals surface area contributed by atoms with Gasteiger partial charge in [0.2, 0.25) is 11.8 Å². The van der Waals surface area contributed by atoms with Crippen LogP contribution in [0.1, 0.15) is 5.56 Å². The fourth-order valence-electron chi connectivity index (χ4n) is 2.17. The lowest BCUT2D eigenvalue weighted by Gasteiger charge is -2.21. The van der Waals surface area contributed by atoms with Gasteiger partial charge in [-0.1, -0.05) is 23.2 Å². The summed E-state index contributed by atoms with van der Waals surface area (Å²) in [5, 5.41) is 7.52. The standard InChI is InChI=1S/C17H19Cl2N3O2S/c1-21(10-17(24)22(2)8-12-5-6-25-11-12)9-16(23)20-13-3-4-14(18)15(19)7-13/h3-7,11H,8-10H2,1-2H3,(H,20,23). The van der Waals surface area contributed by atoms with Crippen LogP contribution >= 0.6 is 34.5 Å². The molecule has 0 aliphatic rings. The van der Waals surface area contributed by atoms with Crippen molar-refractivity contribution in [2.75, 3.05) is 32.5 Å². The first-order valence-electron chi connectivity index (χ1n) is 7.53. The van der Waals surface area contributed by atoms with Crippen molar-refractivity contribution >= 4 is 52.0 Å². The average molecular weight is 400 g/mol. The molecule has 1 aromatic heterocycles. The van der Waals surface area contributed by atoms with Crippen LogP contribution in [0.4, 0.5) is 5.69 Å². The van der Waals surface area contributed by atoms with Crippen LogP contribution in [0.25, 0.3) is 0 Å². The topological polar surface area (TPSA) is 52.7 Å². The monoisotopic (exact) mass is 399 g/mol. The predicted octanol–water partition coefficient (Wildman–Crippen LogP) is 3.58. The molecule has 0 aliphatic heterocycles. The number of carbonyl (C=O) groups excluding carboxylic acids is 2. The van der Waals surface area contributed by atoms with E-state index in [0.29, 0.717) is 22.3 Å². The average Bonchev–Trinajstić information content (AvgIpc) is 3.03. The van der Waals surface area contributed by atoms with E-state index in [0.717, 1.165) is 5.56 Å². The molecule has 2 amide bonds. The number of anilines is 1. The molecule has 0 saturated carbocycles. The van der Waals surface area contributed by atoms with Gasteiger partial charge >= 0.3 is 0 Å². The maximum Gasteiger partial charge on any atom is 0.238 e. The van der Waals surface area contributed by atoms with Crippen LogP contribution in [0.3, 0.4) is 0 Å². The zero-order valence-electron chi connectivity index (χ0n) is 14.0. The number of hydrogen-bond acceptors (Lipinski definition) is 4. The van der Waals surface area contributed by atoms with E-state index in [4.69, 9.17) is 23.2 Å². The molecule has 0 fully saturated rings. The molecular weight excluding hydrogens is 381 g/mol. The Balaban J connectivity index is 1.80. The zero-order chi connectivity index (χ0) is 18.4. The van der Waals surface area contributed by atoms with Gasteiger partial charge in [-0.15, -0.1) is 0 Å². The number of likely N-dealkylation sites (N-methyl/N-ethyl adjacent to an activating group) is 2. The summed E-state index contributed by atoms with van der Waals surface area (Å²) >= 11 is 13.4. The van der Waals surface area contributed by atoms with Gasteiger partial charge in [0.25, 0.3) is 0 Å². The number of nitrogens with zero attached hydrogens (tertiary/aromatic N) is 2. The summed E-state index contributed by atoms with van der Waals surface area (Å²) in [5.74, 6) is -0.273. The molecule has 2 aromatic rings. The third-order valence-electron chi connectivity index (χ3n) is 3.45. The maximum absolute atomic E-state index is 12.2. The minimum atomic E-state index is -0.228. The third-order valence-corrected chi connectivity index (χ3v) is 4.92. The predicted molar refractivity (Wildman–Crippen MR) is 103 cm³/mol. The second-order valence-corrected chi connectivity index (χ2v) is 7.33. The molecular formula is C17H19Cl2N3O2S. The van der Waals surface area contributed by atoms with E-state index in [9.17, 15) is 9.59 Å². The number of carbonyl (C=O) groups is 2. The second-order valence-electron chi connectivity index (χ2n) is 5.73. The molecule has 0 aliphatic carbocycles. The smallest absolute Gasteiger partial charge is 0.238 e. The van der Waals surface area contributed by atoms with E-state index >= 15 is 0 Å². The Kier molecular flexibility index (Phi) is 7.25. The van der Waals surface area contributed by atoms with Crippen molar-refractivity contribution in [1.82, 2.24) is 9.80 Å². The van der Waals surface area contributed by atoms with Gasteiger partial charge < -0.3 is 10.2 Å². The van der Waals surface area contributed by atoms with E-state index < -0.39 is 0 Å². The van der Waals surface area contributed by atoms with Gasteiger partial charge in [0.1, 0.15) is 0 Å². The van der Waals surface area contributed by atoms with E-state index in [1.807, 2.05) is 16.8 Å². The van der Waals surface area contributed by atoms with Crippen molar-refractivity contribution in [3.8, 4) is 0 Å². The minimum absolute atomic E-state index is 0.0453. The lowest BCUT2D eigenvalue weighted by molar-refractivity contribution is -0.131. The zero-order valence-corrected chi connectivity index (χ0v) is 16.3. The molecule has 0 radical (unpaired) electrons. The van der Waals surface area contributed by atoms with Crippen molar-refractivity contribution in [3.63, 3.8) is 0 Å². The largest absolute Gasteiger partial charge is 0.340 e. The highest BCUT2D eigenvalue weighted by molar-refractivity contribution is 7.07. The van der Waals surface area contributed by atoms with Gasteiger partial charge in [-0.25, -0.2) is 0 Å². The van der Waals surface area contributed by atoms with Crippen molar-refractivity contribution < 1.29 is 9.59 Å². The molecule has 5 nitrogen and oxygen atoms in total. The molecule has 0 bridgehead atoms. The highest BCUT2D eigenvalue weighted by Crippen LogP contribution is 2.24. The molecule has 25 heavy (non-hydrogen) atoms. The number of hydrogen-bond donors (Lipinski definition) is 1. The Bertz CT molecular complexity index is 737. The number of thiophene rings is 1. The number of benzene rings is 1. The highest BCUT2D eigenvalue weighted by atomic mass is 35.5. The van der Waals surface area contributed by atoms with E-state index in [1.165, 1.54) is 0 Å². The Labute approximate surface area is 161 Å². The quantitative estimate of drug-likeness (QED) is 0.773. The van der Waals surface area contributed by atoms with Crippen LogP contribution in [0, 0.1) is 0 Å². The lowest BCUT2D eigenvalue weighted by Crippen LogP contribution is -2.39. The van der Waals surface area contributed by atoms with Crippen molar-refractivity contribution in [1.29, 1.82) is 0 Å². The summed E-state index contributed by atoms with van der Waals surface area (Å²) < 4.78 is 0. The van der Waals surface area contributed by atoms with Crippen LogP contribution in [-0.2, 0) is 16.1 Å². The number of amides is 2. The van der Waals surface area contributed by atoms with E-state index in [1.54, 1.807) is 53.4 Å². The Morgan fingerprint density at radius 2 is 1.88 bits per heavy atom. The normalized spacial score (nSPS) is 10.8. The van der Waals surface area contributed by atoms with Crippen LogP contribution in [0.5, 0.6) is 0 Å². The van der Waals surface area contributed by atoms with Crippen molar-refractivity contribution in [3.05, 3.63) is 50.6 Å². The summed E-state index contributed by atoms with van der Waals surface area (Å²) in [7, 11) is 3.48. The van der Waals surface area contributed by atoms with E-state index in [2.05, 4.69) is 5.32 Å². The molecule has 1 heterocycles.